The predicted octanol–water partition coefficient (Wildman–Crippen LogP) is 5.25. The summed E-state index contributed by atoms with van der Waals surface area (Å²) < 4.78 is 59.2. The molecule has 0 fully saturated rings. The minimum Gasteiger partial charge on any atom is -0.388 e. The van der Waals surface area contributed by atoms with Crippen molar-refractivity contribution >= 4 is 58.7 Å². The number of allylic oxidation sites excluding steroid dienone is 1. The van der Waals surface area contributed by atoms with E-state index in [4.69, 9.17) is 0 Å². The van der Waals surface area contributed by atoms with E-state index in [2.05, 4.69) is 46.7 Å². The summed E-state index contributed by atoms with van der Waals surface area (Å²) in [6, 6.07) is 10.4. The lowest BCUT2D eigenvalue weighted by atomic mass is 9.78. The van der Waals surface area contributed by atoms with Crippen LogP contribution >= 0.6 is 21.6 Å². The second-order valence-corrected chi connectivity index (χ2v) is 17.5. The van der Waals surface area contributed by atoms with Crippen LogP contribution in [0.5, 0.6) is 0 Å². The molecule has 2 aromatic carbocycles. The standard InChI is InChI=1S/C29H43N4O4S4/c1-20(2)28(4,5)24-18-22(10-12-26(24)30-8)40(34,35)31-14-16-38-39-17-15-32-41(36,37)23-11-13-27-25(19-23)29(6,7)21(3)33(27)9/h10-13,18-19,30-32H,1,14-17H2,2-9H3/q+1. The van der Waals surface area contributed by atoms with Gasteiger partial charge in [-0.2, -0.15) is 0 Å². The molecule has 0 amide bonds. The number of nitrogens with one attached hydrogen (secondary N) is 3. The van der Waals surface area contributed by atoms with Crippen LogP contribution in [0.15, 0.2) is 58.3 Å². The zero-order chi connectivity index (χ0) is 30.8. The first-order valence-electron chi connectivity index (χ1n) is 13.4. The zero-order valence-electron chi connectivity index (χ0n) is 25.2. The Morgan fingerprint density at radius 1 is 0.951 bits per heavy atom. The van der Waals surface area contributed by atoms with Gasteiger partial charge in [-0.3, -0.25) is 0 Å². The number of anilines is 1. The Kier molecular flexibility index (Phi) is 10.5. The first-order chi connectivity index (χ1) is 19.0. The molecule has 1 aliphatic rings. The molecule has 8 nitrogen and oxygen atoms in total. The number of fused-ring (bicyclic) bond motifs is 1. The summed E-state index contributed by atoms with van der Waals surface area (Å²) in [6.45, 7) is 16.9. The quantitative estimate of drug-likeness (QED) is 0.112. The number of hydrogen-bond acceptors (Lipinski definition) is 7. The second-order valence-electron chi connectivity index (χ2n) is 11.3. The zero-order valence-corrected chi connectivity index (χ0v) is 28.5. The lowest BCUT2D eigenvalue weighted by Gasteiger charge is -2.29. The molecular formula is C29H43N4O4S4+. The summed E-state index contributed by atoms with van der Waals surface area (Å²) in [7, 11) is -0.528. The molecule has 3 N–H and O–H groups in total. The van der Waals surface area contributed by atoms with Crippen molar-refractivity contribution in [1.29, 1.82) is 0 Å². The van der Waals surface area contributed by atoms with E-state index in [1.807, 2.05) is 40.9 Å². The summed E-state index contributed by atoms with van der Waals surface area (Å²) >= 11 is 0. The second kappa shape index (κ2) is 12.8. The van der Waals surface area contributed by atoms with Gasteiger partial charge in [-0.15, -0.1) is 0 Å². The van der Waals surface area contributed by atoms with Crippen LogP contribution in [0.25, 0.3) is 0 Å². The number of rotatable bonds is 14. The molecule has 0 aliphatic carbocycles. The number of hydrogen-bond donors (Lipinski definition) is 3. The highest BCUT2D eigenvalue weighted by Crippen LogP contribution is 2.40. The smallest absolute Gasteiger partial charge is 0.240 e. The molecule has 0 aromatic heterocycles. The summed E-state index contributed by atoms with van der Waals surface area (Å²) in [5.41, 5.74) is 5.24. The molecule has 0 saturated heterocycles. The summed E-state index contributed by atoms with van der Waals surface area (Å²) in [5, 5.41) is 3.14. The van der Waals surface area contributed by atoms with Crippen LogP contribution in [-0.4, -0.2) is 65.8 Å². The van der Waals surface area contributed by atoms with Crippen LogP contribution in [0.1, 0.15) is 52.7 Å². The van der Waals surface area contributed by atoms with Crippen molar-refractivity contribution < 1.29 is 21.4 Å². The minimum atomic E-state index is -3.69. The Bertz CT molecular complexity index is 1560. The summed E-state index contributed by atoms with van der Waals surface area (Å²) in [4.78, 5) is 0.472. The van der Waals surface area contributed by atoms with Gasteiger partial charge in [0, 0.05) is 61.3 Å². The van der Waals surface area contributed by atoms with Gasteiger partial charge in [-0.05, 0) is 56.7 Å². The fourth-order valence-corrected chi connectivity index (χ4v) is 8.83. The lowest BCUT2D eigenvalue weighted by molar-refractivity contribution is -0.403. The highest BCUT2D eigenvalue weighted by Gasteiger charge is 2.42. The summed E-state index contributed by atoms with van der Waals surface area (Å²) in [6.07, 6.45) is 0. The molecule has 12 heteroatoms. The molecule has 0 saturated carbocycles. The van der Waals surface area contributed by atoms with E-state index in [0.29, 0.717) is 11.5 Å². The van der Waals surface area contributed by atoms with E-state index in [-0.39, 0.29) is 28.3 Å². The van der Waals surface area contributed by atoms with Crippen LogP contribution in [0.4, 0.5) is 11.4 Å². The van der Waals surface area contributed by atoms with Crippen molar-refractivity contribution in [3.05, 3.63) is 59.7 Å². The molecule has 1 heterocycles. The molecule has 41 heavy (non-hydrogen) atoms. The Hall–Kier alpha value is -1.83. The van der Waals surface area contributed by atoms with Gasteiger partial charge in [0.25, 0.3) is 0 Å². The number of nitrogens with zero attached hydrogens (tertiary/aromatic N) is 1. The van der Waals surface area contributed by atoms with Gasteiger partial charge in [0.15, 0.2) is 5.71 Å². The van der Waals surface area contributed by atoms with E-state index in [0.717, 1.165) is 28.1 Å². The van der Waals surface area contributed by atoms with Crippen LogP contribution in [0.2, 0.25) is 0 Å². The Labute approximate surface area is 254 Å². The Morgan fingerprint density at radius 2 is 1.46 bits per heavy atom. The fourth-order valence-electron chi connectivity index (χ4n) is 4.65. The first kappa shape index (κ1) is 33.7. The van der Waals surface area contributed by atoms with Crippen LogP contribution in [0.3, 0.4) is 0 Å². The van der Waals surface area contributed by atoms with E-state index < -0.39 is 25.5 Å². The van der Waals surface area contributed by atoms with Gasteiger partial charge in [0.05, 0.1) is 15.2 Å². The molecule has 226 valence electrons. The van der Waals surface area contributed by atoms with Crippen LogP contribution in [0, 0.1) is 0 Å². The SMILES string of the molecule is C=C(C)C(C)(C)c1cc(S(=O)(=O)NCCSSCCNS(=O)(=O)c2ccc3c(c2)C(C)(C)C(C)=[N+]3C)ccc1NC. The lowest BCUT2D eigenvalue weighted by Crippen LogP contribution is -2.28. The maximum Gasteiger partial charge on any atom is 0.240 e. The number of sulfonamides is 2. The summed E-state index contributed by atoms with van der Waals surface area (Å²) in [5.74, 6) is 1.09. The third kappa shape index (κ3) is 7.22. The monoisotopic (exact) mass is 639 g/mol. The minimum absolute atomic E-state index is 0.211. The maximum absolute atomic E-state index is 13.0. The molecule has 0 atom stereocenters. The van der Waals surface area contributed by atoms with E-state index >= 15 is 0 Å². The van der Waals surface area contributed by atoms with Gasteiger partial charge in [0.1, 0.15) is 7.05 Å². The Balaban J connectivity index is 1.47. The van der Waals surface area contributed by atoms with Gasteiger partial charge in [-0.1, -0.05) is 47.6 Å². The van der Waals surface area contributed by atoms with Crippen LogP contribution < -0.4 is 14.8 Å². The third-order valence-electron chi connectivity index (χ3n) is 8.07. The largest absolute Gasteiger partial charge is 0.388 e. The van der Waals surface area contributed by atoms with Crippen molar-refractivity contribution in [2.75, 3.05) is 44.0 Å². The van der Waals surface area contributed by atoms with Crippen molar-refractivity contribution in [3.63, 3.8) is 0 Å². The van der Waals surface area contributed by atoms with Gasteiger partial charge in [-0.25, -0.2) is 30.9 Å². The van der Waals surface area contributed by atoms with Crippen molar-refractivity contribution in [3.8, 4) is 0 Å². The van der Waals surface area contributed by atoms with Crippen molar-refractivity contribution in [2.24, 2.45) is 0 Å². The maximum atomic E-state index is 13.0. The fraction of sp³-hybridized carbons (Fsp3) is 0.483. The predicted molar refractivity (Wildman–Crippen MR) is 175 cm³/mol. The third-order valence-corrected chi connectivity index (χ3v) is 13.4. The molecule has 2 aromatic rings. The molecule has 0 unspecified atom stereocenters. The molecule has 0 spiro atoms. The average molecular weight is 640 g/mol. The van der Waals surface area contributed by atoms with E-state index in [1.165, 1.54) is 27.3 Å². The molecule has 1 aliphatic heterocycles. The van der Waals surface area contributed by atoms with E-state index in [9.17, 15) is 16.8 Å². The first-order valence-corrected chi connectivity index (χ1v) is 18.9. The van der Waals surface area contributed by atoms with E-state index in [1.54, 1.807) is 30.3 Å². The average Bonchev–Trinajstić information content (AvgIpc) is 3.09. The van der Waals surface area contributed by atoms with Crippen LogP contribution in [-0.2, 0) is 30.9 Å². The highest BCUT2D eigenvalue weighted by molar-refractivity contribution is 8.76. The van der Waals surface area contributed by atoms with Gasteiger partial charge in [0.2, 0.25) is 25.7 Å². The number of benzene rings is 2. The van der Waals surface area contributed by atoms with Crippen molar-refractivity contribution in [1.82, 2.24) is 9.44 Å². The van der Waals surface area contributed by atoms with Gasteiger partial charge < -0.3 is 5.32 Å². The normalized spacial score (nSPS) is 15.2. The van der Waals surface area contributed by atoms with Gasteiger partial charge >= 0.3 is 0 Å². The Morgan fingerprint density at radius 3 is 1.98 bits per heavy atom. The molecular weight excluding hydrogens is 597 g/mol. The molecule has 0 radical (unpaired) electrons. The highest BCUT2D eigenvalue weighted by atomic mass is 33.1. The van der Waals surface area contributed by atoms with Crippen molar-refractivity contribution in [2.45, 2.75) is 62.2 Å². The molecule has 0 bridgehead atoms. The molecule has 3 rings (SSSR count). The topological polar surface area (TPSA) is 107 Å².